The number of pyridine rings is 2. The highest BCUT2D eigenvalue weighted by molar-refractivity contribution is 5.82. The van der Waals surface area contributed by atoms with Crippen LogP contribution in [0, 0.1) is 6.92 Å². The van der Waals surface area contributed by atoms with Gasteiger partial charge in [0.2, 0.25) is 5.88 Å². The number of nitrogens with one attached hydrogen (secondary N) is 1. The molecule has 0 bridgehead atoms. The van der Waals surface area contributed by atoms with Crippen LogP contribution in [-0.4, -0.2) is 17.1 Å². The number of aromatic nitrogens is 2. The van der Waals surface area contributed by atoms with Crippen molar-refractivity contribution in [2.75, 3.05) is 12.4 Å². The Morgan fingerprint density at radius 2 is 2.00 bits per heavy atom. The van der Waals surface area contributed by atoms with E-state index in [0.717, 1.165) is 16.9 Å². The molecule has 3 aromatic rings. The first-order valence-electron chi connectivity index (χ1n) is 6.86. The van der Waals surface area contributed by atoms with Crippen LogP contribution in [0.5, 0.6) is 5.88 Å². The summed E-state index contributed by atoms with van der Waals surface area (Å²) in [6, 6.07) is 14.1. The molecule has 0 radical (unpaired) electrons. The highest BCUT2D eigenvalue weighted by Crippen LogP contribution is 2.23. The third-order valence-corrected chi connectivity index (χ3v) is 3.36. The number of para-hydroxylation sites is 1. The van der Waals surface area contributed by atoms with Crippen molar-refractivity contribution in [3.63, 3.8) is 0 Å². The number of aryl methyl sites for hydroxylation is 1. The second-order valence-electron chi connectivity index (χ2n) is 4.85. The van der Waals surface area contributed by atoms with Gasteiger partial charge >= 0.3 is 0 Å². The summed E-state index contributed by atoms with van der Waals surface area (Å²) in [5, 5.41) is 4.55. The number of nitrogens with zero attached hydrogens (tertiary/aromatic N) is 2. The highest BCUT2D eigenvalue weighted by Gasteiger charge is 2.06. The van der Waals surface area contributed by atoms with Crippen LogP contribution in [0.4, 0.5) is 5.69 Å². The molecule has 0 spiro atoms. The van der Waals surface area contributed by atoms with Crippen molar-refractivity contribution in [3.05, 3.63) is 59.9 Å². The smallest absolute Gasteiger partial charge is 0.237 e. The van der Waals surface area contributed by atoms with Crippen molar-refractivity contribution in [1.82, 2.24) is 9.97 Å². The topological polar surface area (TPSA) is 47.0 Å². The first-order chi connectivity index (χ1) is 10.3. The SMILES string of the molecule is COc1ncccc1NCc1cc(C)nc2ccccc12. The van der Waals surface area contributed by atoms with E-state index in [4.69, 9.17) is 4.74 Å². The Kier molecular flexibility index (Phi) is 3.69. The molecule has 3 rings (SSSR count). The predicted molar refractivity (Wildman–Crippen MR) is 84.6 cm³/mol. The lowest BCUT2D eigenvalue weighted by Gasteiger charge is -2.12. The summed E-state index contributed by atoms with van der Waals surface area (Å²) in [5.74, 6) is 0.604. The molecule has 1 aromatic carbocycles. The van der Waals surface area contributed by atoms with E-state index in [-0.39, 0.29) is 0 Å². The maximum absolute atomic E-state index is 5.26. The largest absolute Gasteiger partial charge is 0.480 e. The Bertz CT molecular complexity index is 771. The summed E-state index contributed by atoms with van der Waals surface area (Å²) in [5.41, 5.74) is 4.14. The van der Waals surface area contributed by atoms with Gasteiger partial charge < -0.3 is 10.1 Å². The van der Waals surface area contributed by atoms with Crippen molar-refractivity contribution >= 4 is 16.6 Å². The monoisotopic (exact) mass is 279 g/mol. The maximum Gasteiger partial charge on any atom is 0.237 e. The summed E-state index contributed by atoms with van der Waals surface area (Å²) in [4.78, 5) is 8.75. The third kappa shape index (κ3) is 2.79. The standard InChI is InChI=1S/C17H17N3O/c1-12-10-13(14-6-3-4-7-15(14)20-12)11-19-16-8-5-9-18-17(16)21-2/h3-10,19H,11H2,1-2H3. The Balaban J connectivity index is 1.92. The molecule has 1 N–H and O–H groups in total. The van der Waals surface area contributed by atoms with Crippen LogP contribution in [0.15, 0.2) is 48.7 Å². The van der Waals surface area contributed by atoms with Gasteiger partial charge in [-0.3, -0.25) is 4.98 Å². The normalized spacial score (nSPS) is 10.6. The van der Waals surface area contributed by atoms with Gasteiger partial charge in [0.15, 0.2) is 0 Å². The molecule has 0 aliphatic rings. The molecule has 0 saturated heterocycles. The van der Waals surface area contributed by atoms with Gasteiger partial charge in [-0.15, -0.1) is 0 Å². The van der Waals surface area contributed by atoms with Crippen LogP contribution >= 0.6 is 0 Å². The number of benzene rings is 1. The minimum absolute atomic E-state index is 0.604. The average Bonchev–Trinajstić information content (AvgIpc) is 2.52. The zero-order valence-electron chi connectivity index (χ0n) is 12.1. The van der Waals surface area contributed by atoms with E-state index in [1.165, 1.54) is 10.9 Å². The first-order valence-corrected chi connectivity index (χ1v) is 6.86. The number of ether oxygens (including phenoxy) is 1. The van der Waals surface area contributed by atoms with E-state index in [1.54, 1.807) is 13.3 Å². The zero-order chi connectivity index (χ0) is 14.7. The second-order valence-corrected chi connectivity index (χ2v) is 4.85. The fraction of sp³-hybridized carbons (Fsp3) is 0.176. The van der Waals surface area contributed by atoms with E-state index in [9.17, 15) is 0 Å². The van der Waals surface area contributed by atoms with Crippen LogP contribution in [0.2, 0.25) is 0 Å². The number of hydrogen-bond acceptors (Lipinski definition) is 4. The van der Waals surface area contributed by atoms with E-state index in [1.807, 2.05) is 37.3 Å². The van der Waals surface area contributed by atoms with Gasteiger partial charge in [-0.2, -0.15) is 0 Å². The Morgan fingerprint density at radius 1 is 1.14 bits per heavy atom. The number of hydrogen-bond donors (Lipinski definition) is 1. The van der Waals surface area contributed by atoms with Gasteiger partial charge in [-0.1, -0.05) is 18.2 Å². The predicted octanol–water partition coefficient (Wildman–Crippen LogP) is 3.56. The molecule has 4 nitrogen and oxygen atoms in total. The van der Waals surface area contributed by atoms with E-state index in [0.29, 0.717) is 12.4 Å². The second kappa shape index (κ2) is 5.79. The van der Waals surface area contributed by atoms with E-state index >= 15 is 0 Å². The van der Waals surface area contributed by atoms with Crippen LogP contribution in [0.25, 0.3) is 10.9 Å². The van der Waals surface area contributed by atoms with Crippen molar-refractivity contribution in [1.29, 1.82) is 0 Å². The van der Waals surface area contributed by atoms with Crippen LogP contribution in [0.3, 0.4) is 0 Å². The molecular formula is C17H17N3O. The highest BCUT2D eigenvalue weighted by atomic mass is 16.5. The molecule has 0 amide bonds. The Hall–Kier alpha value is -2.62. The lowest BCUT2D eigenvalue weighted by Crippen LogP contribution is -2.03. The van der Waals surface area contributed by atoms with Gasteiger partial charge in [0.25, 0.3) is 0 Å². The molecule has 0 atom stereocenters. The molecule has 2 aromatic heterocycles. The molecule has 0 aliphatic carbocycles. The third-order valence-electron chi connectivity index (χ3n) is 3.36. The van der Waals surface area contributed by atoms with Gasteiger partial charge in [0, 0.05) is 23.8 Å². The summed E-state index contributed by atoms with van der Waals surface area (Å²) >= 11 is 0. The molecule has 2 heterocycles. The minimum atomic E-state index is 0.604. The lowest BCUT2D eigenvalue weighted by atomic mass is 10.1. The van der Waals surface area contributed by atoms with Crippen LogP contribution in [-0.2, 0) is 6.54 Å². The van der Waals surface area contributed by atoms with Gasteiger partial charge in [-0.05, 0) is 36.8 Å². The summed E-state index contributed by atoms with van der Waals surface area (Å²) in [7, 11) is 1.62. The van der Waals surface area contributed by atoms with Gasteiger partial charge in [0.05, 0.1) is 18.3 Å². The number of fused-ring (bicyclic) bond motifs is 1. The van der Waals surface area contributed by atoms with Crippen molar-refractivity contribution < 1.29 is 4.74 Å². The van der Waals surface area contributed by atoms with Gasteiger partial charge in [-0.25, -0.2) is 4.98 Å². The quantitative estimate of drug-likeness (QED) is 0.793. The molecule has 106 valence electrons. The average molecular weight is 279 g/mol. The summed E-state index contributed by atoms with van der Waals surface area (Å²) < 4.78 is 5.26. The van der Waals surface area contributed by atoms with Crippen LogP contribution < -0.4 is 10.1 Å². The van der Waals surface area contributed by atoms with Crippen molar-refractivity contribution in [2.24, 2.45) is 0 Å². The Morgan fingerprint density at radius 3 is 2.86 bits per heavy atom. The maximum atomic E-state index is 5.26. The lowest BCUT2D eigenvalue weighted by molar-refractivity contribution is 0.399. The summed E-state index contributed by atoms with van der Waals surface area (Å²) in [6.45, 7) is 2.71. The number of methoxy groups -OCH3 is 1. The van der Waals surface area contributed by atoms with E-state index in [2.05, 4.69) is 27.4 Å². The van der Waals surface area contributed by atoms with E-state index < -0.39 is 0 Å². The fourth-order valence-corrected chi connectivity index (χ4v) is 2.42. The minimum Gasteiger partial charge on any atom is -0.480 e. The fourth-order valence-electron chi connectivity index (χ4n) is 2.42. The zero-order valence-corrected chi connectivity index (χ0v) is 12.1. The molecule has 0 aliphatic heterocycles. The molecule has 0 saturated carbocycles. The van der Waals surface area contributed by atoms with Crippen LogP contribution in [0.1, 0.15) is 11.3 Å². The molecule has 21 heavy (non-hydrogen) atoms. The van der Waals surface area contributed by atoms with Crippen molar-refractivity contribution in [3.8, 4) is 5.88 Å². The first kappa shape index (κ1) is 13.4. The molecule has 0 fully saturated rings. The molecule has 4 heteroatoms. The molecular weight excluding hydrogens is 262 g/mol. The Labute approximate surface area is 123 Å². The van der Waals surface area contributed by atoms with Crippen molar-refractivity contribution in [2.45, 2.75) is 13.5 Å². The van der Waals surface area contributed by atoms with Gasteiger partial charge in [0.1, 0.15) is 0 Å². The number of rotatable bonds is 4. The molecule has 0 unspecified atom stereocenters. The summed E-state index contributed by atoms with van der Waals surface area (Å²) in [6.07, 6.45) is 1.72. The number of anilines is 1.